The minimum atomic E-state index is 0.152. The molecule has 1 saturated heterocycles. The zero-order valence-electron chi connectivity index (χ0n) is 12.0. The van der Waals surface area contributed by atoms with E-state index >= 15 is 0 Å². The second-order valence-electron chi connectivity index (χ2n) is 5.50. The molecule has 1 aliphatic heterocycles. The summed E-state index contributed by atoms with van der Waals surface area (Å²) < 4.78 is 0. The zero-order chi connectivity index (χ0) is 14.7. The molecule has 21 heavy (non-hydrogen) atoms. The molecule has 0 N–H and O–H groups in total. The molecular weight excluding hydrogens is 328 g/mol. The van der Waals surface area contributed by atoms with Crippen LogP contribution in [0.1, 0.15) is 36.0 Å². The molecule has 1 aromatic carbocycles. The Bertz CT molecular complexity index is 636. The topological polar surface area (TPSA) is 33.2 Å². The summed E-state index contributed by atoms with van der Waals surface area (Å²) in [5.74, 6) is 0.152. The van der Waals surface area contributed by atoms with Crippen LogP contribution in [0, 0.1) is 0 Å². The molecule has 3 nitrogen and oxygen atoms in total. The van der Waals surface area contributed by atoms with Gasteiger partial charge in [0.05, 0.1) is 11.1 Å². The number of hydrogen-bond donors (Lipinski definition) is 0. The van der Waals surface area contributed by atoms with E-state index in [0.717, 1.165) is 47.6 Å². The number of aromatic nitrogens is 1. The van der Waals surface area contributed by atoms with E-state index in [1.54, 1.807) is 6.20 Å². The molecule has 2 heterocycles. The van der Waals surface area contributed by atoms with Gasteiger partial charge in [-0.1, -0.05) is 34.1 Å². The summed E-state index contributed by atoms with van der Waals surface area (Å²) in [6, 6.07) is 10.1. The first-order valence-electron chi connectivity index (χ1n) is 7.52. The van der Waals surface area contributed by atoms with Crippen molar-refractivity contribution >= 4 is 32.7 Å². The van der Waals surface area contributed by atoms with Crippen LogP contribution in [0.2, 0.25) is 0 Å². The molecule has 0 saturated carbocycles. The van der Waals surface area contributed by atoms with Crippen molar-refractivity contribution in [2.24, 2.45) is 0 Å². The zero-order valence-corrected chi connectivity index (χ0v) is 13.6. The van der Waals surface area contributed by atoms with Crippen LogP contribution in [-0.4, -0.2) is 33.7 Å². The Morgan fingerprint density at radius 2 is 2.14 bits per heavy atom. The Hall–Kier alpha value is -1.42. The number of benzene rings is 1. The number of likely N-dealkylation sites (tertiary alicyclic amines) is 1. The van der Waals surface area contributed by atoms with Crippen molar-refractivity contribution in [3.8, 4) is 0 Å². The highest BCUT2D eigenvalue weighted by Crippen LogP contribution is 2.25. The quantitative estimate of drug-likeness (QED) is 0.786. The van der Waals surface area contributed by atoms with E-state index in [1.807, 2.05) is 30.3 Å². The maximum Gasteiger partial charge on any atom is 0.254 e. The SMILES string of the molecule is O=C(c1ccnc2ccccc12)N1CCCCC1CCBr. The number of amides is 1. The van der Waals surface area contributed by atoms with Gasteiger partial charge in [-0.05, 0) is 37.8 Å². The fraction of sp³-hybridized carbons (Fsp3) is 0.412. The van der Waals surface area contributed by atoms with Crippen molar-refractivity contribution in [3.63, 3.8) is 0 Å². The van der Waals surface area contributed by atoms with Gasteiger partial charge in [-0.15, -0.1) is 0 Å². The molecule has 1 amide bonds. The fourth-order valence-corrected chi connectivity index (χ4v) is 3.66. The molecule has 1 atom stereocenters. The van der Waals surface area contributed by atoms with E-state index < -0.39 is 0 Å². The van der Waals surface area contributed by atoms with Gasteiger partial charge >= 0.3 is 0 Å². The minimum Gasteiger partial charge on any atom is -0.336 e. The monoisotopic (exact) mass is 346 g/mol. The molecule has 2 aromatic rings. The number of fused-ring (bicyclic) bond motifs is 1. The minimum absolute atomic E-state index is 0.152. The number of alkyl halides is 1. The molecule has 3 rings (SSSR count). The molecule has 0 aliphatic carbocycles. The van der Waals surface area contributed by atoms with Gasteiger partial charge in [0.15, 0.2) is 0 Å². The number of piperidine rings is 1. The van der Waals surface area contributed by atoms with E-state index in [-0.39, 0.29) is 5.91 Å². The standard InChI is InChI=1S/C17H19BrN2O/c18-10-8-13-5-3-4-12-20(13)17(21)15-9-11-19-16-7-2-1-6-14(15)16/h1-2,6-7,9,11,13H,3-5,8,10,12H2. The van der Waals surface area contributed by atoms with Gasteiger partial charge in [0.25, 0.3) is 5.91 Å². The second-order valence-corrected chi connectivity index (χ2v) is 6.29. The Morgan fingerprint density at radius 1 is 1.29 bits per heavy atom. The lowest BCUT2D eigenvalue weighted by Crippen LogP contribution is -2.44. The van der Waals surface area contributed by atoms with Gasteiger partial charge < -0.3 is 4.90 Å². The molecule has 1 aromatic heterocycles. The van der Waals surface area contributed by atoms with Crippen LogP contribution in [0.25, 0.3) is 10.9 Å². The van der Waals surface area contributed by atoms with Crippen LogP contribution in [0.3, 0.4) is 0 Å². The number of para-hydroxylation sites is 1. The first-order valence-corrected chi connectivity index (χ1v) is 8.64. The number of carbonyl (C=O) groups excluding carboxylic acids is 1. The van der Waals surface area contributed by atoms with Gasteiger partial charge in [-0.2, -0.15) is 0 Å². The highest BCUT2D eigenvalue weighted by molar-refractivity contribution is 9.09. The van der Waals surface area contributed by atoms with E-state index in [9.17, 15) is 4.79 Å². The predicted molar refractivity (Wildman–Crippen MR) is 88.8 cm³/mol. The van der Waals surface area contributed by atoms with Gasteiger partial charge in [0.1, 0.15) is 0 Å². The van der Waals surface area contributed by atoms with Crippen LogP contribution < -0.4 is 0 Å². The number of carbonyl (C=O) groups is 1. The van der Waals surface area contributed by atoms with Gasteiger partial charge in [0.2, 0.25) is 0 Å². The van der Waals surface area contributed by atoms with Gasteiger partial charge in [-0.3, -0.25) is 9.78 Å². The molecule has 1 fully saturated rings. The van der Waals surface area contributed by atoms with Crippen LogP contribution >= 0.6 is 15.9 Å². The van der Waals surface area contributed by atoms with Gasteiger partial charge in [0, 0.05) is 29.5 Å². The van der Waals surface area contributed by atoms with Crippen molar-refractivity contribution < 1.29 is 4.79 Å². The van der Waals surface area contributed by atoms with Crippen molar-refractivity contribution in [2.75, 3.05) is 11.9 Å². The van der Waals surface area contributed by atoms with Gasteiger partial charge in [-0.25, -0.2) is 0 Å². The van der Waals surface area contributed by atoms with Crippen LogP contribution in [0.15, 0.2) is 36.5 Å². The molecular formula is C17H19BrN2O. The summed E-state index contributed by atoms with van der Waals surface area (Å²) >= 11 is 3.51. The van der Waals surface area contributed by atoms with Crippen LogP contribution in [0.4, 0.5) is 0 Å². The summed E-state index contributed by atoms with van der Waals surface area (Å²) in [6.45, 7) is 0.868. The van der Waals surface area contributed by atoms with Crippen LogP contribution in [-0.2, 0) is 0 Å². The Morgan fingerprint density at radius 3 is 3.00 bits per heavy atom. The molecule has 1 aliphatic rings. The molecule has 4 heteroatoms. The third kappa shape index (κ3) is 2.95. The fourth-order valence-electron chi connectivity index (χ4n) is 3.13. The van der Waals surface area contributed by atoms with Crippen LogP contribution in [0.5, 0.6) is 0 Å². The number of pyridine rings is 1. The number of hydrogen-bond acceptors (Lipinski definition) is 2. The summed E-state index contributed by atoms with van der Waals surface area (Å²) in [7, 11) is 0. The molecule has 0 spiro atoms. The van der Waals surface area contributed by atoms with Crippen molar-refractivity contribution in [2.45, 2.75) is 31.7 Å². The second kappa shape index (κ2) is 6.56. The lowest BCUT2D eigenvalue weighted by molar-refractivity contribution is 0.0612. The third-order valence-electron chi connectivity index (χ3n) is 4.21. The largest absolute Gasteiger partial charge is 0.336 e. The molecule has 0 bridgehead atoms. The van der Waals surface area contributed by atoms with E-state index in [4.69, 9.17) is 0 Å². The first-order chi connectivity index (χ1) is 10.3. The first kappa shape index (κ1) is 14.5. The predicted octanol–water partition coefficient (Wildman–Crippen LogP) is 4.01. The Labute approximate surface area is 133 Å². The van der Waals surface area contributed by atoms with E-state index in [2.05, 4.69) is 25.8 Å². The number of rotatable bonds is 3. The van der Waals surface area contributed by atoms with E-state index in [1.165, 1.54) is 6.42 Å². The van der Waals surface area contributed by atoms with E-state index in [0.29, 0.717) is 6.04 Å². The third-order valence-corrected chi connectivity index (χ3v) is 4.67. The summed E-state index contributed by atoms with van der Waals surface area (Å²) in [6.07, 6.45) is 6.19. The molecule has 110 valence electrons. The summed E-state index contributed by atoms with van der Waals surface area (Å²) in [5.41, 5.74) is 1.67. The number of nitrogens with zero attached hydrogens (tertiary/aromatic N) is 2. The van der Waals surface area contributed by atoms with Crippen molar-refractivity contribution in [3.05, 3.63) is 42.1 Å². The average molecular weight is 347 g/mol. The van der Waals surface area contributed by atoms with Crippen molar-refractivity contribution in [1.82, 2.24) is 9.88 Å². The highest BCUT2D eigenvalue weighted by atomic mass is 79.9. The summed E-state index contributed by atoms with van der Waals surface area (Å²) in [4.78, 5) is 19.4. The molecule has 1 unspecified atom stereocenters. The number of halogens is 1. The average Bonchev–Trinajstić information content (AvgIpc) is 2.54. The maximum atomic E-state index is 13.0. The lowest BCUT2D eigenvalue weighted by atomic mass is 9.98. The Balaban J connectivity index is 1.95. The molecule has 0 radical (unpaired) electrons. The Kier molecular flexibility index (Phi) is 4.54. The summed E-state index contributed by atoms with van der Waals surface area (Å²) in [5, 5.41) is 1.90. The lowest BCUT2D eigenvalue weighted by Gasteiger charge is -2.35. The van der Waals surface area contributed by atoms with Crippen molar-refractivity contribution in [1.29, 1.82) is 0 Å². The smallest absolute Gasteiger partial charge is 0.254 e. The highest BCUT2D eigenvalue weighted by Gasteiger charge is 2.27. The maximum absolute atomic E-state index is 13.0. The normalized spacial score (nSPS) is 18.9.